The van der Waals surface area contributed by atoms with Crippen molar-refractivity contribution in [3.63, 3.8) is 0 Å². The van der Waals surface area contributed by atoms with Crippen molar-refractivity contribution < 1.29 is 13.6 Å². The summed E-state index contributed by atoms with van der Waals surface area (Å²) in [6, 6.07) is 7.50. The Balaban J connectivity index is 1.68. The first-order valence-corrected chi connectivity index (χ1v) is 6.69. The van der Waals surface area contributed by atoms with Gasteiger partial charge in [-0.1, -0.05) is 6.42 Å². The van der Waals surface area contributed by atoms with E-state index in [1.54, 1.807) is 12.5 Å². The highest BCUT2D eigenvalue weighted by molar-refractivity contribution is 5.79. The zero-order valence-corrected chi connectivity index (χ0v) is 10.7. The summed E-state index contributed by atoms with van der Waals surface area (Å²) in [5, 5.41) is 3.00. The molecule has 2 heterocycles. The van der Waals surface area contributed by atoms with Crippen molar-refractivity contribution >= 4 is 5.91 Å². The third kappa shape index (κ3) is 2.57. The molecule has 0 spiro atoms. The molecule has 19 heavy (non-hydrogen) atoms. The van der Waals surface area contributed by atoms with E-state index in [4.69, 9.17) is 8.83 Å². The lowest BCUT2D eigenvalue weighted by Crippen LogP contribution is -2.36. The number of carbonyl (C=O) groups excluding carboxylic acids is 1. The second-order valence-corrected chi connectivity index (χ2v) is 4.96. The molecule has 100 valence electrons. The van der Waals surface area contributed by atoms with Crippen LogP contribution in [0.4, 0.5) is 0 Å². The second-order valence-electron chi connectivity index (χ2n) is 4.96. The summed E-state index contributed by atoms with van der Waals surface area (Å²) in [5.74, 6) is 1.91. The van der Waals surface area contributed by atoms with Crippen molar-refractivity contribution in [2.24, 2.45) is 5.92 Å². The molecule has 0 aromatic carbocycles. The summed E-state index contributed by atoms with van der Waals surface area (Å²) >= 11 is 0. The topological polar surface area (TPSA) is 55.4 Å². The molecule has 3 rings (SSSR count). The number of furan rings is 2. The molecule has 1 saturated carbocycles. The Morgan fingerprint density at radius 3 is 2.26 bits per heavy atom. The minimum atomic E-state index is -0.0611. The Morgan fingerprint density at radius 2 is 1.84 bits per heavy atom. The van der Waals surface area contributed by atoms with Gasteiger partial charge in [-0.05, 0) is 37.1 Å². The molecule has 4 nitrogen and oxygen atoms in total. The second kappa shape index (κ2) is 5.34. The van der Waals surface area contributed by atoms with Crippen molar-refractivity contribution in [2.45, 2.75) is 25.2 Å². The largest absolute Gasteiger partial charge is 0.469 e. The number of amides is 1. The third-order valence-corrected chi connectivity index (χ3v) is 3.73. The first-order chi connectivity index (χ1) is 9.34. The minimum Gasteiger partial charge on any atom is -0.469 e. The lowest BCUT2D eigenvalue weighted by Gasteiger charge is -2.25. The quantitative estimate of drug-likeness (QED) is 0.898. The van der Waals surface area contributed by atoms with Crippen molar-refractivity contribution in [1.82, 2.24) is 5.32 Å². The predicted molar refractivity (Wildman–Crippen MR) is 69.6 cm³/mol. The average Bonchev–Trinajstić information content (AvgIpc) is 2.98. The van der Waals surface area contributed by atoms with Gasteiger partial charge in [0, 0.05) is 12.5 Å². The zero-order valence-electron chi connectivity index (χ0n) is 10.7. The Labute approximate surface area is 111 Å². The number of hydrogen-bond acceptors (Lipinski definition) is 3. The van der Waals surface area contributed by atoms with Crippen molar-refractivity contribution in [2.75, 3.05) is 6.54 Å². The fourth-order valence-corrected chi connectivity index (χ4v) is 2.34. The number of rotatable bonds is 5. The van der Waals surface area contributed by atoms with Gasteiger partial charge in [0.25, 0.3) is 0 Å². The Morgan fingerprint density at radius 1 is 1.21 bits per heavy atom. The van der Waals surface area contributed by atoms with Gasteiger partial charge in [-0.15, -0.1) is 0 Å². The van der Waals surface area contributed by atoms with Gasteiger partial charge in [-0.2, -0.15) is 0 Å². The summed E-state index contributed by atoms with van der Waals surface area (Å²) in [4.78, 5) is 11.9. The Kier molecular flexibility index (Phi) is 3.40. The molecule has 1 aliphatic carbocycles. The van der Waals surface area contributed by atoms with Crippen LogP contribution in [-0.2, 0) is 4.79 Å². The van der Waals surface area contributed by atoms with E-state index < -0.39 is 0 Å². The van der Waals surface area contributed by atoms with E-state index in [9.17, 15) is 4.79 Å². The van der Waals surface area contributed by atoms with Gasteiger partial charge in [-0.3, -0.25) is 4.79 Å². The van der Waals surface area contributed by atoms with Gasteiger partial charge in [0.05, 0.1) is 18.4 Å². The van der Waals surface area contributed by atoms with Crippen molar-refractivity contribution in [1.29, 1.82) is 0 Å². The SMILES string of the molecule is O=C(NCC(c1ccco1)c1ccco1)C1CCC1. The lowest BCUT2D eigenvalue weighted by molar-refractivity contribution is -0.127. The van der Waals surface area contributed by atoms with Crippen LogP contribution >= 0.6 is 0 Å². The maximum absolute atomic E-state index is 11.9. The average molecular weight is 259 g/mol. The van der Waals surface area contributed by atoms with E-state index in [-0.39, 0.29) is 17.7 Å². The molecule has 0 atom stereocenters. The molecule has 0 saturated heterocycles. The maximum Gasteiger partial charge on any atom is 0.223 e. The molecule has 0 bridgehead atoms. The van der Waals surface area contributed by atoms with Crippen LogP contribution in [0.25, 0.3) is 0 Å². The van der Waals surface area contributed by atoms with E-state index in [2.05, 4.69) is 5.32 Å². The molecule has 2 aromatic heterocycles. The summed E-state index contributed by atoms with van der Waals surface area (Å²) in [7, 11) is 0. The molecular weight excluding hydrogens is 242 g/mol. The minimum absolute atomic E-state index is 0.0611. The molecule has 0 radical (unpaired) electrons. The molecule has 1 N–H and O–H groups in total. The van der Waals surface area contributed by atoms with E-state index in [1.165, 1.54) is 0 Å². The first kappa shape index (κ1) is 12.1. The van der Waals surface area contributed by atoms with Gasteiger partial charge in [0.1, 0.15) is 11.5 Å². The molecule has 0 aliphatic heterocycles. The summed E-state index contributed by atoms with van der Waals surface area (Å²) in [6.07, 6.45) is 6.46. The molecule has 4 heteroatoms. The van der Waals surface area contributed by atoms with Crippen LogP contribution in [-0.4, -0.2) is 12.5 Å². The molecule has 0 unspecified atom stereocenters. The van der Waals surface area contributed by atoms with Crippen LogP contribution < -0.4 is 5.32 Å². The third-order valence-electron chi connectivity index (χ3n) is 3.73. The van der Waals surface area contributed by atoms with Gasteiger partial charge < -0.3 is 14.2 Å². The zero-order chi connectivity index (χ0) is 13.1. The van der Waals surface area contributed by atoms with Crippen LogP contribution in [0.2, 0.25) is 0 Å². The van der Waals surface area contributed by atoms with E-state index >= 15 is 0 Å². The monoisotopic (exact) mass is 259 g/mol. The summed E-state index contributed by atoms with van der Waals surface area (Å²) in [5.41, 5.74) is 0. The number of hydrogen-bond donors (Lipinski definition) is 1. The normalized spacial score (nSPS) is 15.4. The van der Waals surface area contributed by atoms with Crippen LogP contribution in [0.3, 0.4) is 0 Å². The number of carbonyl (C=O) groups is 1. The highest BCUT2D eigenvalue weighted by atomic mass is 16.3. The fourth-order valence-electron chi connectivity index (χ4n) is 2.34. The maximum atomic E-state index is 11.9. The van der Waals surface area contributed by atoms with Crippen molar-refractivity contribution in [3.8, 4) is 0 Å². The fraction of sp³-hybridized carbons (Fsp3) is 0.400. The smallest absolute Gasteiger partial charge is 0.223 e. The molecular formula is C15H17NO3. The van der Waals surface area contributed by atoms with Gasteiger partial charge >= 0.3 is 0 Å². The Bertz CT molecular complexity index is 477. The molecule has 1 aliphatic rings. The predicted octanol–water partition coefficient (Wildman–Crippen LogP) is 2.92. The summed E-state index contributed by atoms with van der Waals surface area (Å²) in [6.45, 7) is 0.510. The first-order valence-electron chi connectivity index (χ1n) is 6.69. The van der Waals surface area contributed by atoms with Gasteiger partial charge in [0.15, 0.2) is 0 Å². The number of nitrogens with one attached hydrogen (secondary N) is 1. The Hall–Kier alpha value is -1.97. The summed E-state index contributed by atoms with van der Waals surface area (Å²) < 4.78 is 10.9. The molecule has 2 aromatic rings. The highest BCUT2D eigenvalue weighted by Gasteiger charge is 2.27. The van der Waals surface area contributed by atoms with E-state index in [1.807, 2.05) is 24.3 Å². The van der Waals surface area contributed by atoms with Crippen molar-refractivity contribution in [3.05, 3.63) is 48.3 Å². The standard InChI is InChI=1S/C15H17NO3/c17-15(11-4-1-5-11)16-10-12(13-6-2-8-18-13)14-7-3-9-19-14/h2-3,6-9,11-12H,1,4-5,10H2,(H,16,17). The van der Waals surface area contributed by atoms with Gasteiger partial charge in [-0.25, -0.2) is 0 Å². The van der Waals surface area contributed by atoms with E-state index in [0.29, 0.717) is 6.54 Å². The van der Waals surface area contributed by atoms with Crippen LogP contribution in [0, 0.1) is 5.92 Å². The molecule has 1 amide bonds. The molecule has 1 fully saturated rings. The lowest BCUT2D eigenvalue weighted by atomic mass is 9.84. The van der Waals surface area contributed by atoms with Gasteiger partial charge in [0.2, 0.25) is 5.91 Å². The van der Waals surface area contributed by atoms with Crippen LogP contribution in [0.15, 0.2) is 45.6 Å². The van der Waals surface area contributed by atoms with Crippen LogP contribution in [0.5, 0.6) is 0 Å². The van der Waals surface area contributed by atoms with Crippen LogP contribution in [0.1, 0.15) is 36.7 Å². The highest BCUT2D eigenvalue weighted by Crippen LogP contribution is 2.28. The van der Waals surface area contributed by atoms with E-state index in [0.717, 1.165) is 30.8 Å².